The third-order valence-corrected chi connectivity index (χ3v) is 2.19. The smallest absolute Gasteiger partial charge is 0.269 e. The molecule has 0 aromatic heterocycles. The van der Waals surface area contributed by atoms with Crippen LogP contribution < -0.4 is 25.1 Å². The molecule has 1 aromatic rings. The lowest BCUT2D eigenvalue weighted by Gasteiger charge is -2.13. The van der Waals surface area contributed by atoms with Gasteiger partial charge in [0.2, 0.25) is 0 Å². The SMILES string of the molecule is CNNC(=O)c1cc(OC)c(OC)cc1OC. The van der Waals surface area contributed by atoms with E-state index >= 15 is 0 Å². The fraction of sp³-hybridized carbons (Fsp3) is 0.364. The van der Waals surface area contributed by atoms with Gasteiger partial charge in [0.1, 0.15) is 5.75 Å². The first-order valence-corrected chi connectivity index (χ1v) is 4.95. The number of hydrazine groups is 1. The van der Waals surface area contributed by atoms with Gasteiger partial charge >= 0.3 is 0 Å². The van der Waals surface area contributed by atoms with E-state index in [1.54, 1.807) is 19.2 Å². The second-order valence-corrected chi connectivity index (χ2v) is 3.11. The maximum absolute atomic E-state index is 11.7. The minimum absolute atomic E-state index is 0.315. The van der Waals surface area contributed by atoms with Gasteiger partial charge in [0, 0.05) is 19.2 Å². The Morgan fingerprint density at radius 2 is 1.53 bits per heavy atom. The highest BCUT2D eigenvalue weighted by atomic mass is 16.5. The van der Waals surface area contributed by atoms with Crippen LogP contribution in [0.1, 0.15) is 10.4 Å². The normalized spacial score (nSPS) is 9.65. The second-order valence-electron chi connectivity index (χ2n) is 3.11. The molecule has 0 saturated carbocycles. The number of hydrogen-bond acceptors (Lipinski definition) is 5. The largest absolute Gasteiger partial charge is 0.496 e. The van der Waals surface area contributed by atoms with Crippen LogP contribution in [0.25, 0.3) is 0 Å². The molecule has 0 fully saturated rings. The molecule has 0 unspecified atom stereocenters. The van der Waals surface area contributed by atoms with Crippen molar-refractivity contribution in [3.05, 3.63) is 17.7 Å². The first-order chi connectivity index (χ1) is 8.17. The molecule has 0 bridgehead atoms. The lowest BCUT2D eigenvalue weighted by atomic mass is 10.1. The van der Waals surface area contributed by atoms with Crippen LogP contribution in [0.4, 0.5) is 0 Å². The average Bonchev–Trinajstić information content (AvgIpc) is 2.37. The van der Waals surface area contributed by atoms with Crippen molar-refractivity contribution in [3.63, 3.8) is 0 Å². The maximum atomic E-state index is 11.7. The van der Waals surface area contributed by atoms with Crippen LogP contribution in [-0.4, -0.2) is 34.3 Å². The summed E-state index contributed by atoms with van der Waals surface area (Å²) in [5.74, 6) is 1.07. The van der Waals surface area contributed by atoms with E-state index in [1.165, 1.54) is 21.3 Å². The number of amides is 1. The van der Waals surface area contributed by atoms with Gasteiger partial charge in [-0.1, -0.05) is 0 Å². The van der Waals surface area contributed by atoms with E-state index < -0.39 is 0 Å². The maximum Gasteiger partial charge on any atom is 0.269 e. The molecule has 0 aliphatic heterocycles. The van der Waals surface area contributed by atoms with Crippen molar-refractivity contribution in [1.82, 2.24) is 10.9 Å². The molecule has 0 heterocycles. The number of carbonyl (C=O) groups is 1. The first-order valence-electron chi connectivity index (χ1n) is 4.95. The number of hydrogen-bond donors (Lipinski definition) is 2. The molecule has 17 heavy (non-hydrogen) atoms. The van der Waals surface area contributed by atoms with E-state index in [2.05, 4.69) is 10.9 Å². The highest BCUT2D eigenvalue weighted by Crippen LogP contribution is 2.34. The Bertz CT molecular complexity index is 407. The third kappa shape index (κ3) is 2.79. The van der Waals surface area contributed by atoms with Crippen molar-refractivity contribution in [1.29, 1.82) is 0 Å². The number of methoxy groups -OCH3 is 3. The highest BCUT2D eigenvalue weighted by molar-refractivity contribution is 5.97. The van der Waals surface area contributed by atoms with Gasteiger partial charge in [0.15, 0.2) is 11.5 Å². The molecule has 0 aliphatic carbocycles. The summed E-state index contributed by atoms with van der Waals surface area (Å²) in [6.07, 6.45) is 0. The van der Waals surface area contributed by atoms with Crippen molar-refractivity contribution < 1.29 is 19.0 Å². The predicted molar refractivity (Wildman–Crippen MR) is 62.6 cm³/mol. The van der Waals surface area contributed by atoms with Crippen LogP contribution in [-0.2, 0) is 0 Å². The molecular formula is C11H16N2O4. The van der Waals surface area contributed by atoms with Gasteiger partial charge in [-0.05, 0) is 0 Å². The van der Waals surface area contributed by atoms with Crippen LogP contribution >= 0.6 is 0 Å². The molecule has 0 radical (unpaired) electrons. The van der Waals surface area contributed by atoms with Crippen LogP contribution in [0.3, 0.4) is 0 Å². The molecule has 0 spiro atoms. The monoisotopic (exact) mass is 240 g/mol. The first kappa shape index (κ1) is 13.1. The van der Waals surface area contributed by atoms with Gasteiger partial charge in [-0.3, -0.25) is 10.2 Å². The number of carbonyl (C=O) groups excluding carboxylic acids is 1. The lowest BCUT2D eigenvalue weighted by molar-refractivity contribution is 0.0934. The van der Waals surface area contributed by atoms with Crippen molar-refractivity contribution >= 4 is 5.91 Å². The summed E-state index contributed by atoms with van der Waals surface area (Å²) in [6.45, 7) is 0. The summed E-state index contributed by atoms with van der Waals surface area (Å²) in [7, 11) is 6.11. The Balaban J connectivity index is 3.23. The molecule has 0 saturated heterocycles. The third-order valence-electron chi connectivity index (χ3n) is 2.19. The predicted octanol–water partition coefficient (Wildman–Crippen LogP) is 0.577. The average molecular weight is 240 g/mol. The quantitative estimate of drug-likeness (QED) is 0.737. The summed E-state index contributed by atoms with van der Waals surface area (Å²) in [6, 6.07) is 3.16. The minimum Gasteiger partial charge on any atom is -0.496 e. The molecule has 6 heteroatoms. The van der Waals surface area contributed by atoms with Crippen molar-refractivity contribution in [2.45, 2.75) is 0 Å². The van der Waals surface area contributed by atoms with Gasteiger partial charge < -0.3 is 14.2 Å². The molecular weight excluding hydrogens is 224 g/mol. The fourth-order valence-corrected chi connectivity index (χ4v) is 1.39. The van der Waals surface area contributed by atoms with E-state index in [0.29, 0.717) is 22.8 Å². The molecule has 2 N–H and O–H groups in total. The topological polar surface area (TPSA) is 68.8 Å². The van der Waals surface area contributed by atoms with Crippen LogP contribution in [0.5, 0.6) is 17.2 Å². The van der Waals surface area contributed by atoms with Crippen molar-refractivity contribution in [2.75, 3.05) is 28.4 Å². The van der Waals surface area contributed by atoms with Crippen LogP contribution in [0.2, 0.25) is 0 Å². The van der Waals surface area contributed by atoms with Gasteiger partial charge in [-0.25, -0.2) is 5.43 Å². The Kier molecular flexibility index (Phi) is 4.59. The number of nitrogens with one attached hydrogen (secondary N) is 2. The van der Waals surface area contributed by atoms with Gasteiger partial charge in [-0.15, -0.1) is 0 Å². The van der Waals surface area contributed by atoms with Crippen molar-refractivity contribution in [3.8, 4) is 17.2 Å². The summed E-state index contributed by atoms with van der Waals surface area (Å²) in [5.41, 5.74) is 5.38. The molecule has 1 amide bonds. The van der Waals surface area contributed by atoms with Gasteiger partial charge in [-0.2, -0.15) is 0 Å². The van der Waals surface area contributed by atoms with E-state index in [9.17, 15) is 4.79 Å². The summed E-state index contributed by atoms with van der Waals surface area (Å²) in [4.78, 5) is 11.7. The fourth-order valence-electron chi connectivity index (χ4n) is 1.39. The molecule has 1 rings (SSSR count). The Morgan fingerprint density at radius 3 is 2.00 bits per heavy atom. The second kappa shape index (κ2) is 5.95. The number of rotatable bonds is 5. The molecule has 6 nitrogen and oxygen atoms in total. The molecule has 94 valence electrons. The zero-order valence-electron chi connectivity index (χ0n) is 10.3. The standard InChI is InChI=1S/C11H16N2O4/c1-12-13-11(14)7-5-9(16-3)10(17-4)6-8(7)15-2/h5-6,12H,1-4H3,(H,13,14). The molecule has 0 atom stereocenters. The van der Waals surface area contributed by atoms with E-state index in [4.69, 9.17) is 14.2 Å². The zero-order chi connectivity index (χ0) is 12.8. The summed E-state index contributed by atoms with van der Waals surface area (Å²) < 4.78 is 15.4. The highest BCUT2D eigenvalue weighted by Gasteiger charge is 2.16. The van der Waals surface area contributed by atoms with E-state index in [1.807, 2.05) is 0 Å². The summed E-state index contributed by atoms with van der Waals surface area (Å²) in [5, 5.41) is 0. The van der Waals surface area contributed by atoms with Crippen molar-refractivity contribution in [2.24, 2.45) is 0 Å². The van der Waals surface area contributed by atoms with Gasteiger partial charge in [0.25, 0.3) is 5.91 Å². The number of benzene rings is 1. The van der Waals surface area contributed by atoms with Gasteiger partial charge in [0.05, 0.1) is 26.9 Å². The number of ether oxygens (including phenoxy) is 3. The lowest BCUT2D eigenvalue weighted by Crippen LogP contribution is -2.34. The van der Waals surface area contributed by atoms with E-state index in [-0.39, 0.29) is 5.91 Å². The molecule has 1 aromatic carbocycles. The Labute approximate surface area is 99.8 Å². The molecule has 0 aliphatic rings. The minimum atomic E-state index is -0.315. The Hall–Kier alpha value is -1.95. The van der Waals surface area contributed by atoms with E-state index in [0.717, 1.165) is 0 Å². The summed E-state index contributed by atoms with van der Waals surface area (Å²) >= 11 is 0. The zero-order valence-corrected chi connectivity index (χ0v) is 10.3. The van der Waals surface area contributed by atoms with Crippen LogP contribution in [0, 0.1) is 0 Å². The Morgan fingerprint density at radius 1 is 1.00 bits per heavy atom. The van der Waals surface area contributed by atoms with Crippen LogP contribution in [0.15, 0.2) is 12.1 Å².